The molecule has 3 heterocycles. The van der Waals surface area contributed by atoms with Crippen LogP contribution in [0, 0.1) is 5.41 Å². The lowest BCUT2D eigenvalue weighted by Crippen LogP contribution is -2.50. The van der Waals surface area contributed by atoms with Crippen LogP contribution in [0.3, 0.4) is 0 Å². The highest BCUT2D eigenvalue weighted by Crippen LogP contribution is 2.33. The molecule has 3 rings (SSSR count). The fourth-order valence-corrected chi connectivity index (χ4v) is 3.79. The second-order valence-corrected chi connectivity index (χ2v) is 6.59. The highest BCUT2D eigenvalue weighted by Gasteiger charge is 2.38. The lowest BCUT2D eigenvalue weighted by Gasteiger charge is -2.43. The molecule has 4 heteroatoms. The predicted octanol–water partition coefficient (Wildman–Crippen LogP) is 2.02. The van der Waals surface area contributed by atoms with Crippen molar-refractivity contribution in [1.82, 2.24) is 14.8 Å². The van der Waals surface area contributed by atoms with Gasteiger partial charge < -0.3 is 9.64 Å². The molecule has 0 aromatic carbocycles. The van der Waals surface area contributed by atoms with Crippen LogP contribution in [0.4, 0.5) is 0 Å². The van der Waals surface area contributed by atoms with Gasteiger partial charge in [-0.15, -0.1) is 0 Å². The smallest absolute Gasteiger partial charge is 0.0593 e. The summed E-state index contributed by atoms with van der Waals surface area (Å²) < 4.78 is 5.94. The second kappa shape index (κ2) is 6.86. The van der Waals surface area contributed by atoms with Gasteiger partial charge in [-0.05, 0) is 43.6 Å². The molecule has 2 aliphatic rings. The van der Waals surface area contributed by atoms with Crippen molar-refractivity contribution in [2.24, 2.45) is 5.41 Å². The predicted molar refractivity (Wildman–Crippen MR) is 84.1 cm³/mol. The van der Waals surface area contributed by atoms with E-state index in [-0.39, 0.29) is 0 Å². The van der Waals surface area contributed by atoms with E-state index in [1.807, 2.05) is 12.4 Å². The van der Waals surface area contributed by atoms with Crippen LogP contribution >= 0.6 is 0 Å². The van der Waals surface area contributed by atoms with Gasteiger partial charge in [-0.3, -0.25) is 9.88 Å². The second-order valence-electron chi connectivity index (χ2n) is 6.59. The Morgan fingerprint density at radius 1 is 1.19 bits per heavy atom. The molecule has 0 saturated carbocycles. The fraction of sp³-hybridized carbons (Fsp3) is 0.706. The Hall–Kier alpha value is -0.970. The van der Waals surface area contributed by atoms with Gasteiger partial charge in [-0.1, -0.05) is 6.92 Å². The van der Waals surface area contributed by atoms with Crippen LogP contribution in [0.15, 0.2) is 24.5 Å². The highest BCUT2D eigenvalue weighted by atomic mass is 16.5. The summed E-state index contributed by atoms with van der Waals surface area (Å²) in [6, 6.07) is 4.26. The number of likely N-dealkylation sites (tertiary alicyclic amines) is 1. The van der Waals surface area contributed by atoms with Crippen molar-refractivity contribution in [3.63, 3.8) is 0 Å². The Morgan fingerprint density at radius 2 is 2.00 bits per heavy atom. The maximum atomic E-state index is 5.94. The molecule has 0 amide bonds. The van der Waals surface area contributed by atoms with Gasteiger partial charge in [0.1, 0.15) is 0 Å². The van der Waals surface area contributed by atoms with Crippen molar-refractivity contribution in [3.8, 4) is 0 Å². The first-order valence-corrected chi connectivity index (χ1v) is 8.21. The molecule has 2 saturated heterocycles. The third-order valence-electron chi connectivity index (χ3n) is 4.86. The number of nitrogens with zero attached hydrogens (tertiary/aromatic N) is 3. The normalized spacial score (nSPS) is 28.6. The average molecular weight is 289 g/mol. The zero-order chi connectivity index (χ0) is 14.5. The summed E-state index contributed by atoms with van der Waals surface area (Å²) in [5, 5.41) is 0. The van der Waals surface area contributed by atoms with Gasteiger partial charge in [0, 0.05) is 44.0 Å². The maximum absolute atomic E-state index is 5.94. The zero-order valence-electron chi connectivity index (χ0n) is 13.1. The molecule has 2 fully saturated rings. The van der Waals surface area contributed by atoms with Crippen molar-refractivity contribution in [2.45, 2.75) is 26.3 Å². The molecule has 116 valence electrons. The molecule has 21 heavy (non-hydrogen) atoms. The van der Waals surface area contributed by atoms with Crippen molar-refractivity contribution in [3.05, 3.63) is 30.1 Å². The first kappa shape index (κ1) is 14.9. The van der Waals surface area contributed by atoms with Crippen LogP contribution in [0.1, 0.15) is 25.3 Å². The summed E-state index contributed by atoms with van der Waals surface area (Å²) in [5.74, 6) is 0. The monoisotopic (exact) mass is 289 g/mol. The molecule has 4 nitrogen and oxygen atoms in total. The Bertz CT molecular complexity index is 439. The number of likely N-dealkylation sites (N-methyl/N-ethyl adjacent to an activating group) is 1. The van der Waals surface area contributed by atoms with Crippen molar-refractivity contribution < 1.29 is 4.74 Å². The average Bonchev–Trinajstić information content (AvgIpc) is 2.71. The number of ether oxygens (including phenoxy) is 1. The highest BCUT2D eigenvalue weighted by molar-refractivity contribution is 5.10. The molecule has 0 N–H and O–H groups in total. The molecule has 0 aliphatic carbocycles. The van der Waals surface area contributed by atoms with Crippen molar-refractivity contribution >= 4 is 0 Å². The van der Waals surface area contributed by atoms with E-state index in [4.69, 9.17) is 4.74 Å². The van der Waals surface area contributed by atoms with Gasteiger partial charge in [0.15, 0.2) is 0 Å². The van der Waals surface area contributed by atoms with Gasteiger partial charge >= 0.3 is 0 Å². The van der Waals surface area contributed by atoms with E-state index in [0.29, 0.717) is 5.41 Å². The van der Waals surface area contributed by atoms with E-state index < -0.39 is 0 Å². The van der Waals surface area contributed by atoms with Gasteiger partial charge in [0.05, 0.1) is 13.2 Å². The molecule has 1 atom stereocenters. The van der Waals surface area contributed by atoms with E-state index in [1.54, 1.807) is 0 Å². The third kappa shape index (κ3) is 3.82. The Kier molecular flexibility index (Phi) is 4.88. The largest absolute Gasteiger partial charge is 0.379 e. The van der Waals surface area contributed by atoms with Gasteiger partial charge in [0.25, 0.3) is 0 Å². The SMILES string of the molecule is CCN1CCOC[C@]2(CCCN(Cc3ccncc3)C2)C1. The molecule has 1 aromatic heterocycles. The summed E-state index contributed by atoms with van der Waals surface area (Å²) in [6.45, 7) is 10.9. The minimum atomic E-state index is 0.331. The van der Waals surface area contributed by atoms with E-state index >= 15 is 0 Å². The first-order chi connectivity index (χ1) is 10.3. The van der Waals surface area contributed by atoms with Crippen molar-refractivity contribution in [2.75, 3.05) is 45.9 Å². The molecule has 0 bridgehead atoms. The van der Waals surface area contributed by atoms with Crippen LogP contribution in [-0.2, 0) is 11.3 Å². The lowest BCUT2D eigenvalue weighted by molar-refractivity contribution is 0.00333. The Balaban J connectivity index is 1.66. The maximum Gasteiger partial charge on any atom is 0.0593 e. The van der Waals surface area contributed by atoms with E-state index in [1.165, 1.54) is 31.5 Å². The number of aromatic nitrogens is 1. The minimum absolute atomic E-state index is 0.331. The number of hydrogen-bond donors (Lipinski definition) is 0. The van der Waals surface area contributed by atoms with Gasteiger partial charge in [0.2, 0.25) is 0 Å². The molecule has 0 unspecified atom stereocenters. The minimum Gasteiger partial charge on any atom is -0.379 e. The third-order valence-corrected chi connectivity index (χ3v) is 4.86. The first-order valence-electron chi connectivity index (χ1n) is 8.21. The number of pyridine rings is 1. The summed E-state index contributed by atoms with van der Waals surface area (Å²) >= 11 is 0. The molecular formula is C17H27N3O. The molecular weight excluding hydrogens is 262 g/mol. The molecule has 2 aliphatic heterocycles. The molecule has 1 spiro atoms. The fourth-order valence-electron chi connectivity index (χ4n) is 3.79. The van der Waals surface area contributed by atoms with Crippen LogP contribution in [-0.4, -0.2) is 60.7 Å². The zero-order valence-corrected chi connectivity index (χ0v) is 13.1. The summed E-state index contributed by atoms with van der Waals surface area (Å²) in [5.41, 5.74) is 1.70. The summed E-state index contributed by atoms with van der Waals surface area (Å²) in [7, 11) is 0. The van der Waals surface area contributed by atoms with Crippen LogP contribution in [0.2, 0.25) is 0 Å². The van der Waals surface area contributed by atoms with E-state index in [2.05, 4.69) is 33.8 Å². The Morgan fingerprint density at radius 3 is 2.81 bits per heavy atom. The van der Waals surface area contributed by atoms with Gasteiger partial charge in [-0.2, -0.15) is 0 Å². The number of piperidine rings is 1. The summed E-state index contributed by atoms with van der Waals surface area (Å²) in [6.07, 6.45) is 6.37. The molecule has 0 radical (unpaired) electrons. The standard InChI is InChI=1S/C17H27N3O/c1-2-19-10-11-21-15-17(13-19)6-3-9-20(14-17)12-16-4-7-18-8-5-16/h4-5,7-8H,2-3,6,9-15H2,1H3/t17-/m1/s1. The number of hydrogen-bond acceptors (Lipinski definition) is 4. The molecule has 1 aromatic rings. The van der Waals surface area contributed by atoms with Gasteiger partial charge in [-0.25, -0.2) is 0 Å². The summed E-state index contributed by atoms with van der Waals surface area (Å²) in [4.78, 5) is 9.27. The van der Waals surface area contributed by atoms with E-state index in [9.17, 15) is 0 Å². The van der Waals surface area contributed by atoms with Crippen LogP contribution < -0.4 is 0 Å². The topological polar surface area (TPSA) is 28.6 Å². The lowest BCUT2D eigenvalue weighted by atomic mass is 9.80. The van der Waals surface area contributed by atoms with Crippen LogP contribution in [0.25, 0.3) is 0 Å². The quantitative estimate of drug-likeness (QED) is 0.851. The number of rotatable bonds is 3. The van der Waals surface area contributed by atoms with Crippen molar-refractivity contribution in [1.29, 1.82) is 0 Å². The van der Waals surface area contributed by atoms with Crippen LogP contribution in [0.5, 0.6) is 0 Å². The van der Waals surface area contributed by atoms with E-state index in [0.717, 1.165) is 39.4 Å². The Labute approximate surface area is 128 Å².